The first kappa shape index (κ1) is 17.8. The number of aromatic nitrogens is 2. The van der Waals surface area contributed by atoms with Crippen molar-refractivity contribution >= 4 is 44.7 Å². The zero-order valence-corrected chi connectivity index (χ0v) is 16.3. The first-order chi connectivity index (χ1) is 13.1. The highest BCUT2D eigenvalue weighted by Gasteiger charge is 2.14. The summed E-state index contributed by atoms with van der Waals surface area (Å²) in [6.07, 6.45) is 1.59. The van der Waals surface area contributed by atoms with Crippen LogP contribution in [0.1, 0.15) is 23.2 Å². The molecule has 0 saturated carbocycles. The molecule has 27 heavy (non-hydrogen) atoms. The quantitative estimate of drug-likeness (QED) is 0.410. The van der Waals surface area contributed by atoms with E-state index in [1.165, 1.54) is 4.88 Å². The Balaban J connectivity index is 1.79. The third-order valence-corrected chi connectivity index (χ3v) is 5.66. The van der Waals surface area contributed by atoms with Crippen LogP contribution in [0.5, 0.6) is 5.75 Å². The molecule has 136 valence electrons. The summed E-state index contributed by atoms with van der Waals surface area (Å²) in [5.74, 6) is 1.54. The Hall–Kier alpha value is -2.63. The Labute approximate surface area is 166 Å². The van der Waals surface area contributed by atoms with Crippen molar-refractivity contribution in [3.63, 3.8) is 0 Å². The number of hydrogen-bond acceptors (Lipinski definition) is 5. The van der Waals surface area contributed by atoms with Crippen LogP contribution in [0, 0.1) is 0 Å². The van der Waals surface area contributed by atoms with Gasteiger partial charge < -0.3 is 10.4 Å². The Kier molecular flexibility index (Phi) is 4.97. The molecule has 0 saturated heterocycles. The van der Waals surface area contributed by atoms with Gasteiger partial charge in [0, 0.05) is 16.3 Å². The second-order valence-electron chi connectivity index (χ2n) is 6.22. The minimum atomic E-state index is 0.127. The van der Waals surface area contributed by atoms with Gasteiger partial charge in [-0.25, -0.2) is 9.97 Å². The van der Waals surface area contributed by atoms with Crippen molar-refractivity contribution in [1.29, 1.82) is 0 Å². The van der Waals surface area contributed by atoms with Gasteiger partial charge in [0.05, 0.1) is 11.1 Å². The molecule has 6 heteroatoms. The van der Waals surface area contributed by atoms with E-state index in [4.69, 9.17) is 21.6 Å². The summed E-state index contributed by atoms with van der Waals surface area (Å²) < 4.78 is 0. The van der Waals surface area contributed by atoms with Crippen LogP contribution in [-0.2, 0) is 12.8 Å². The Morgan fingerprint density at radius 2 is 1.89 bits per heavy atom. The second kappa shape index (κ2) is 7.55. The van der Waals surface area contributed by atoms with Gasteiger partial charge in [-0.15, -0.1) is 11.3 Å². The third kappa shape index (κ3) is 3.89. The van der Waals surface area contributed by atoms with Crippen LogP contribution >= 0.6 is 22.9 Å². The van der Waals surface area contributed by atoms with Gasteiger partial charge in [0.15, 0.2) is 0 Å². The Morgan fingerprint density at radius 1 is 1.07 bits per heavy atom. The number of halogens is 1. The van der Waals surface area contributed by atoms with Gasteiger partial charge in [-0.05, 0) is 36.2 Å². The van der Waals surface area contributed by atoms with E-state index in [0.717, 1.165) is 28.0 Å². The van der Waals surface area contributed by atoms with Crippen molar-refractivity contribution in [2.75, 3.05) is 5.32 Å². The standard InChI is InChI=1S/C21H18ClN3OS/c1-2-15-12-16-20(23-17-11-14(22)8-9-18(17)26)24-19(25-21(16)27-15)10-13-6-4-3-5-7-13/h3-9,11-12,26H,2,10H2,1H3,(H,23,24,25). The van der Waals surface area contributed by atoms with Gasteiger partial charge in [-0.1, -0.05) is 48.9 Å². The first-order valence-electron chi connectivity index (χ1n) is 8.71. The molecular weight excluding hydrogens is 378 g/mol. The number of fused-ring (bicyclic) bond motifs is 1. The maximum Gasteiger partial charge on any atom is 0.143 e. The van der Waals surface area contributed by atoms with Crippen LogP contribution in [0.15, 0.2) is 54.6 Å². The summed E-state index contributed by atoms with van der Waals surface area (Å²) in [4.78, 5) is 11.7. The van der Waals surface area contributed by atoms with Crippen LogP contribution in [0.3, 0.4) is 0 Å². The van der Waals surface area contributed by atoms with Crippen LogP contribution in [0.4, 0.5) is 11.5 Å². The average molecular weight is 396 g/mol. The van der Waals surface area contributed by atoms with E-state index >= 15 is 0 Å². The number of rotatable bonds is 5. The maximum absolute atomic E-state index is 10.2. The molecule has 0 bridgehead atoms. The zero-order valence-electron chi connectivity index (χ0n) is 14.7. The first-order valence-corrected chi connectivity index (χ1v) is 9.90. The van der Waals surface area contributed by atoms with Crippen LogP contribution in [-0.4, -0.2) is 15.1 Å². The predicted octanol–water partition coefficient (Wildman–Crippen LogP) is 5.95. The monoisotopic (exact) mass is 395 g/mol. The van der Waals surface area contributed by atoms with E-state index in [1.54, 1.807) is 29.5 Å². The van der Waals surface area contributed by atoms with Gasteiger partial charge in [0.1, 0.15) is 22.2 Å². The van der Waals surface area contributed by atoms with E-state index in [-0.39, 0.29) is 5.75 Å². The highest BCUT2D eigenvalue weighted by molar-refractivity contribution is 7.18. The number of aromatic hydroxyl groups is 1. The fraction of sp³-hybridized carbons (Fsp3) is 0.143. The number of aryl methyl sites for hydroxylation is 1. The largest absolute Gasteiger partial charge is 0.506 e. The molecule has 2 aromatic carbocycles. The van der Waals surface area contributed by atoms with Crippen molar-refractivity contribution < 1.29 is 5.11 Å². The van der Waals surface area contributed by atoms with Crippen molar-refractivity contribution in [2.24, 2.45) is 0 Å². The zero-order chi connectivity index (χ0) is 18.8. The molecule has 0 aliphatic heterocycles. The number of nitrogens with zero attached hydrogens (tertiary/aromatic N) is 2. The van der Waals surface area contributed by atoms with E-state index in [0.29, 0.717) is 22.9 Å². The van der Waals surface area contributed by atoms with E-state index in [2.05, 4.69) is 30.4 Å². The number of thiophene rings is 1. The number of phenolic OH excluding ortho intramolecular Hbond substituents is 1. The lowest BCUT2D eigenvalue weighted by Gasteiger charge is -2.11. The summed E-state index contributed by atoms with van der Waals surface area (Å²) in [5, 5.41) is 14.9. The van der Waals surface area contributed by atoms with Crippen molar-refractivity contribution in [2.45, 2.75) is 19.8 Å². The maximum atomic E-state index is 10.2. The molecule has 4 nitrogen and oxygen atoms in total. The van der Waals surface area contributed by atoms with Crippen molar-refractivity contribution in [3.8, 4) is 5.75 Å². The van der Waals surface area contributed by atoms with Crippen LogP contribution < -0.4 is 5.32 Å². The fourth-order valence-electron chi connectivity index (χ4n) is 2.88. The molecule has 0 radical (unpaired) electrons. The average Bonchev–Trinajstić information content (AvgIpc) is 3.09. The lowest BCUT2D eigenvalue weighted by molar-refractivity contribution is 0.477. The van der Waals surface area contributed by atoms with Gasteiger partial charge in [0.2, 0.25) is 0 Å². The molecule has 0 unspecified atom stereocenters. The number of phenols is 1. The smallest absolute Gasteiger partial charge is 0.143 e. The summed E-state index contributed by atoms with van der Waals surface area (Å²) in [6.45, 7) is 2.12. The molecule has 0 aliphatic rings. The molecule has 4 rings (SSSR count). The molecule has 0 atom stereocenters. The lowest BCUT2D eigenvalue weighted by Crippen LogP contribution is -2.02. The number of benzene rings is 2. The topological polar surface area (TPSA) is 58.0 Å². The summed E-state index contributed by atoms with van der Waals surface area (Å²) in [7, 11) is 0. The molecule has 0 aliphatic carbocycles. The van der Waals surface area contributed by atoms with Gasteiger partial charge >= 0.3 is 0 Å². The minimum Gasteiger partial charge on any atom is -0.506 e. The minimum absolute atomic E-state index is 0.127. The molecule has 2 aromatic heterocycles. The normalized spacial score (nSPS) is 11.0. The summed E-state index contributed by atoms with van der Waals surface area (Å²) >= 11 is 7.76. The SMILES string of the molecule is CCc1cc2c(Nc3cc(Cl)ccc3O)nc(Cc3ccccc3)nc2s1. The number of nitrogens with one attached hydrogen (secondary N) is 1. The number of anilines is 2. The van der Waals surface area contributed by atoms with Gasteiger partial charge in [-0.2, -0.15) is 0 Å². The molecule has 2 N–H and O–H groups in total. The molecule has 0 fully saturated rings. The summed E-state index contributed by atoms with van der Waals surface area (Å²) in [6, 6.07) is 17.2. The number of hydrogen-bond donors (Lipinski definition) is 2. The van der Waals surface area contributed by atoms with Gasteiger partial charge in [0.25, 0.3) is 0 Å². The van der Waals surface area contributed by atoms with Crippen LogP contribution in [0.25, 0.3) is 10.2 Å². The fourth-order valence-corrected chi connectivity index (χ4v) is 4.04. The Morgan fingerprint density at radius 3 is 2.67 bits per heavy atom. The van der Waals surface area contributed by atoms with E-state index in [9.17, 15) is 5.11 Å². The molecule has 4 aromatic rings. The highest BCUT2D eigenvalue weighted by atomic mass is 35.5. The summed E-state index contributed by atoms with van der Waals surface area (Å²) in [5.41, 5.74) is 1.68. The molecular formula is C21H18ClN3OS. The lowest BCUT2D eigenvalue weighted by atomic mass is 10.1. The van der Waals surface area contributed by atoms with E-state index < -0.39 is 0 Å². The highest BCUT2D eigenvalue weighted by Crippen LogP contribution is 2.34. The Bertz CT molecular complexity index is 1100. The van der Waals surface area contributed by atoms with E-state index in [1.807, 2.05) is 18.2 Å². The van der Waals surface area contributed by atoms with Gasteiger partial charge in [-0.3, -0.25) is 0 Å². The molecule has 0 amide bonds. The predicted molar refractivity (Wildman–Crippen MR) is 112 cm³/mol. The van der Waals surface area contributed by atoms with Crippen LogP contribution in [0.2, 0.25) is 5.02 Å². The second-order valence-corrected chi connectivity index (χ2v) is 7.77. The van der Waals surface area contributed by atoms with Crippen molar-refractivity contribution in [1.82, 2.24) is 9.97 Å². The molecule has 2 heterocycles. The third-order valence-electron chi connectivity index (χ3n) is 4.26. The molecule has 0 spiro atoms. The van der Waals surface area contributed by atoms with Crippen molar-refractivity contribution in [3.05, 3.63) is 75.9 Å².